The normalized spacial score (nSPS) is 15.8. The molecule has 6 rings (SSSR count). The lowest BCUT2D eigenvalue weighted by Gasteiger charge is -2.26. The third kappa shape index (κ3) is 4.88. The van der Waals surface area contributed by atoms with Crippen LogP contribution in [0, 0.1) is 6.92 Å². The van der Waals surface area contributed by atoms with Crippen LogP contribution in [-0.2, 0) is 23.2 Å². The zero-order valence-corrected chi connectivity index (χ0v) is 22.9. The Morgan fingerprint density at radius 2 is 1.77 bits per heavy atom. The van der Waals surface area contributed by atoms with Crippen LogP contribution in [0.2, 0.25) is 0 Å². The number of H-pyrrole nitrogens is 1. The van der Waals surface area contributed by atoms with Crippen molar-refractivity contribution in [3.05, 3.63) is 76.9 Å². The van der Waals surface area contributed by atoms with Crippen molar-refractivity contribution in [2.24, 2.45) is 0 Å². The molecule has 2 N–H and O–H groups in total. The number of hydrogen-bond acceptors (Lipinski definition) is 6. The molecule has 39 heavy (non-hydrogen) atoms. The van der Waals surface area contributed by atoms with Gasteiger partial charge in [0.15, 0.2) is 0 Å². The number of methoxy groups -OCH3 is 1. The fourth-order valence-corrected chi connectivity index (χ4v) is 6.67. The molecule has 3 heterocycles. The third-order valence-electron chi connectivity index (χ3n) is 7.54. The van der Waals surface area contributed by atoms with E-state index in [0.717, 1.165) is 41.8 Å². The average Bonchev–Trinajstić information content (AvgIpc) is 3.53. The smallest absolute Gasteiger partial charge is 0.342 e. The first kappa shape index (κ1) is 25.5. The van der Waals surface area contributed by atoms with Crippen LogP contribution in [0.25, 0.3) is 22.2 Å². The number of nitrogens with zero attached hydrogens (tertiary/aromatic N) is 1. The van der Waals surface area contributed by atoms with Gasteiger partial charge in [-0.15, -0.1) is 0 Å². The minimum Gasteiger partial charge on any atom is -0.495 e. The summed E-state index contributed by atoms with van der Waals surface area (Å²) in [4.78, 5) is 18.8. The molecule has 0 atom stereocenters. The number of aromatic nitrogens is 1. The summed E-state index contributed by atoms with van der Waals surface area (Å²) in [6.07, 6.45) is 3.82. The van der Waals surface area contributed by atoms with Crippen molar-refractivity contribution in [3.63, 3.8) is 0 Å². The second-order valence-corrected chi connectivity index (χ2v) is 11.8. The molecule has 202 valence electrons. The van der Waals surface area contributed by atoms with Gasteiger partial charge in [-0.25, -0.2) is 0 Å². The molecular weight excluding hydrogens is 514 g/mol. The fourth-order valence-electron chi connectivity index (χ4n) is 5.57. The SMILES string of the molecule is COc1cc(C)ccc1S(=O)(=O)Oc1ccc(-c2cc3cc(CN4CCCCC4)ccc3[nH]2)c2c1CNC2=O. The van der Waals surface area contributed by atoms with Gasteiger partial charge < -0.3 is 19.2 Å². The summed E-state index contributed by atoms with van der Waals surface area (Å²) in [6, 6.07) is 16.6. The van der Waals surface area contributed by atoms with E-state index < -0.39 is 10.1 Å². The molecule has 1 aromatic heterocycles. The van der Waals surface area contributed by atoms with Crippen LogP contribution in [0.5, 0.6) is 11.5 Å². The van der Waals surface area contributed by atoms with E-state index in [1.807, 2.05) is 13.0 Å². The van der Waals surface area contributed by atoms with E-state index in [0.29, 0.717) is 16.7 Å². The monoisotopic (exact) mass is 545 g/mol. The molecule has 4 aromatic rings. The number of ether oxygens (including phenoxy) is 1. The summed E-state index contributed by atoms with van der Waals surface area (Å²) in [5, 5.41) is 3.89. The lowest BCUT2D eigenvalue weighted by Crippen LogP contribution is -2.28. The number of fused-ring (bicyclic) bond motifs is 2. The maximum atomic E-state index is 13.2. The topological polar surface area (TPSA) is 101 Å². The van der Waals surface area contributed by atoms with E-state index in [9.17, 15) is 13.2 Å². The molecule has 0 saturated carbocycles. The van der Waals surface area contributed by atoms with E-state index >= 15 is 0 Å². The number of hydrogen-bond donors (Lipinski definition) is 2. The zero-order valence-electron chi connectivity index (χ0n) is 22.0. The van der Waals surface area contributed by atoms with E-state index in [-0.39, 0.29) is 28.8 Å². The second-order valence-electron chi connectivity index (χ2n) is 10.3. The number of carbonyl (C=O) groups is 1. The minimum absolute atomic E-state index is 0.0679. The molecule has 1 saturated heterocycles. The molecule has 1 fully saturated rings. The van der Waals surface area contributed by atoms with Gasteiger partial charge in [-0.3, -0.25) is 9.69 Å². The van der Waals surface area contributed by atoms with Crippen molar-refractivity contribution in [1.29, 1.82) is 0 Å². The van der Waals surface area contributed by atoms with Gasteiger partial charge in [0.05, 0.1) is 12.7 Å². The molecule has 2 aliphatic heterocycles. The van der Waals surface area contributed by atoms with Crippen LogP contribution in [0.15, 0.2) is 59.5 Å². The second kappa shape index (κ2) is 10.1. The number of rotatable bonds is 7. The van der Waals surface area contributed by atoms with Crippen molar-refractivity contribution < 1.29 is 22.1 Å². The first-order valence-electron chi connectivity index (χ1n) is 13.2. The summed E-state index contributed by atoms with van der Waals surface area (Å²) in [6.45, 7) is 5.23. The summed E-state index contributed by atoms with van der Waals surface area (Å²) in [5.41, 5.74) is 5.53. The molecule has 0 aliphatic carbocycles. The maximum absolute atomic E-state index is 13.2. The molecule has 1 amide bonds. The Hall–Kier alpha value is -3.82. The Morgan fingerprint density at radius 3 is 2.56 bits per heavy atom. The summed E-state index contributed by atoms with van der Waals surface area (Å²) >= 11 is 0. The van der Waals surface area contributed by atoms with Crippen LogP contribution in [-0.4, -0.2) is 44.4 Å². The highest BCUT2D eigenvalue weighted by Crippen LogP contribution is 2.38. The van der Waals surface area contributed by atoms with Crippen molar-refractivity contribution in [3.8, 4) is 22.8 Å². The summed E-state index contributed by atoms with van der Waals surface area (Å²) in [5.74, 6) is 0.0602. The van der Waals surface area contributed by atoms with Gasteiger partial charge >= 0.3 is 10.1 Å². The predicted molar refractivity (Wildman–Crippen MR) is 150 cm³/mol. The number of carbonyl (C=O) groups excluding carboxylic acids is 1. The van der Waals surface area contributed by atoms with Crippen LogP contribution in [0.4, 0.5) is 0 Å². The third-order valence-corrected chi connectivity index (χ3v) is 8.82. The van der Waals surface area contributed by atoms with E-state index in [2.05, 4.69) is 33.4 Å². The van der Waals surface area contributed by atoms with Crippen LogP contribution in [0.1, 0.15) is 46.3 Å². The predicted octanol–water partition coefficient (Wildman–Crippen LogP) is 5.15. The number of aromatic amines is 1. The highest BCUT2D eigenvalue weighted by atomic mass is 32.2. The Kier molecular flexibility index (Phi) is 6.56. The van der Waals surface area contributed by atoms with Crippen molar-refractivity contribution >= 4 is 26.9 Å². The highest BCUT2D eigenvalue weighted by Gasteiger charge is 2.31. The maximum Gasteiger partial charge on any atom is 0.342 e. The molecule has 0 unspecified atom stereocenters. The molecule has 2 aliphatic rings. The van der Waals surface area contributed by atoms with Crippen LogP contribution < -0.4 is 14.2 Å². The minimum atomic E-state index is -4.20. The Balaban J connectivity index is 1.33. The molecule has 0 spiro atoms. The molecule has 0 bridgehead atoms. The number of likely N-dealkylation sites (tertiary alicyclic amines) is 1. The van der Waals surface area contributed by atoms with E-state index in [1.54, 1.807) is 24.3 Å². The Labute approximate surface area is 228 Å². The lowest BCUT2D eigenvalue weighted by atomic mass is 9.99. The van der Waals surface area contributed by atoms with Crippen LogP contribution in [0.3, 0.4) is 0 Å². The molecular formula is C30H31N3O5S. The number of nitrogens with one attached hydrogen (secondary N) is 2. The largest absolute Gasteiger partial charge is 0.495 e. The first-order valence-corrected chi connectivity index (χ1v) is 14.6. The summed E-state index contributed by atoms with van der Waals surface area (Å²) < 4.78 is 37.3. The lowest BCUT2D eigenvalue weighted by molar-refractivity contribution is 0.0966. The van der Waals surface area contributed by atoms with Crippen molar-refractivity contribution in [1.82, 2.24) is 15.2 Å². The summed E-state index contributed by atoms with van der Waals surface area (Å²) in [7, 11) is -2.79. The van der Waals surface area contributed by atoms with E-state index in [1.165, 1.54) is 38.0 Å². The molecule has 0 radical (unpaired) electrons. The van der Waals surface area contributed by atoms with Gasteiger partial charge in [-0.2, -0.15) is 8.42 Å². The highest BCUT2D eigenvalue weighted by molar-refractivity contribution is 7.87. The average molecular weight is 546 g/mol. The standard InChI is InChI=1S/C30H31N3O5S/c1-19-6-11-28(27(14-19)37-2)39(35,36)38-26-10-8-22(29-23(26)17-31-30(29)34)25-16-21-15-20(7-9-24(21)32-25)18-33-12-4-3-5-13-33/h6-11,14-16,32H,3-5,12-13,17-18H2,1-2H3,(H,31,34). The molecule has 9 heteroatoms. The number of aryl methyl sites for hydroxylation is 1. The van der Waals surface area contributed by atoms with Gasteiger partial charge in [0.2, 0.25) is 0 Å². The quantitative estimate of drug-likeness (QED) is 0.312. The fraction of sp³-hybridized carbons (Fsp3) is 0.300. The zero-order chi connectivity index (χ0) is 27.1. The van der Waals surface area contributed by atoms with Crippen molar-refractivity contribution in [2.45, 2.75) is 44.2 Å². The van der Waals surface area contributed by atoms with Crippen LogP contribution >= 0.6 is 0 Å². The van der Waals surface area contributed by atoms with Gasteiger partial charge in [-0.1, -0.05) is 18.6 Å². The molecule has 8 nitrogen and oxygen atoms in total. The number of benzene rings is 3. The Morgan fingerprint density at radius 1 is 0.949 bits per heavy atom. The van der Waals surface area contributed by atoms with E-state index in [4.69, 9.17) is 8.92 Å². The van der Waals surface area contributed by atoms with Gasteiger partial charge in [0.1, 0.15) is 16.4 Å². The van der Waals surface area contributed by atoms with Gasteiger partial charge in [0.25, 0.3) is 5.91 Å². The Bertz CT molecular complexity index is 1690. The number of amides is 1. The van der Waals surface area contributed by atoms with Gasteiger partial charge in [0, 0.05) is 40.8 Å². The molecule has 3 aromatic carbocycles. The first-order chi connectivity index (χ1) is 18.8. The number of piperidine rings is 1. The van der Waals surface area contributed by atoms with Gasteiger partial charge in [-0.05, 0) is 86.4 Å². The van der Waals surface area contributed by atoms with Crippen molar-refractivity contribution in [2.75, 3.05) is 20.2 Å².